The molecule has 4 rings (SSSR count). The third-order valence-corrected chi connectivity index (χ3v) is 6.39. The molecule has 0 aliphatic carbocycles. The maximum absolute atomic E-state index is 13.5. The number of carbonyl (C=O) groups excluding carboxylic acids is 1. The molecular formula is C24H22ClN3O2S. The van der Waals surface area contributed by atoms with E-state index in [-0.39, 0.29) is 11.5 Å². The molecule has 2 heterocycles. The van der Waals surface area contributed by atoms with Gasteiger partial charge in [0, 0.05) is 16.4 Å². The molecule has 0 aliphatic rings. The van der Waals surface area contributed by atoms with E-state index in [0.717, 1.165) is 4.88 Å². The highest BCUT2D eigenvalue weighted by molar-refractivity contribution is 7.10. The van der Waals surface area contributed by atoms with E-state index in [1.54, 1.807) is 45.1 Å². The Morgan fingerprint density at radius 3 is 2.68 bits per heavy atom. The highest BCUT2D eigenvalue weighted by Gasteiger charge is 2.26. The molecular weight excluding hydrogens is 430 g/mol. The van der Waals surface area contributed by atoms with Crippen molar-refractivity contribution >= 4 is 39.7 Å². The van der Waals surface area contributed by atoms with Crippen LogP contribution in [0.15, 0.2) is 70.8 Å². The summed E-state index contributed by atoms with van der Waals surface area (Å²) in [6, 6.07) is 17.9. The maximum atomic E-state index is 13.5. The number of likely N-dealkylation sites (N-methyl/N-ethyl adjacent to an activating group) is 1. The van der Waals surface area contributed by atoms with Crippen molar-refractivity contribution in [2.45, 2.75) is 26.3 Å². The van der Waals surface area contributed by atoms with Crippen LogP contribution in [0.1, 0.15) is 30.6 Å². The number of para-hydroxylation sites is 1. The van der Waals surface area contributed by atoms with E-state index in [1.165, 1.54) is 0 Å². The van der Waals surface area contributed by atoms with Crippen LogP contribution in [0.25, 0.3) is 16.6 Å². The maximum Gasteiger partial charge on any atom is 0.266 e. The van der Waals surface area contributed by atoms with Gasteiger partial charge < -0.3 is 4.90 Å². The van der Waals surface area contributed by atoms with Gasteiger partial charge in [-0.15, -0.1) is 11.3 Å². The number of hydrogen-bond acceptors (Lipinski definition) is 4. The minimum absolute atomic E-state index is 0.00231. The minimum Gasteiger partial charge on any atom is -0.333 e. The van der Waals surface area contributed by atoms with Crippen molar-refractivity contribution in [1.29, 1.82) is 0 Å². The summed E-state index contributed by atoms with van der Waals surface area (Å²) in [6.07, 6.45) is 0.324. The number of rotatable bonds is 6. The van der Waals surface area contributed by atoms with Crippen molar-refractivity contribution < 1.29 is 4.79 Å². The number of fused-ring (bicyclic) bond motifs is 1. The van der Waals surface area contributed by atoms with Gasteiger partial charge in [0.2, 0.25) is 5.91 Å². The highest BCUT2D eigenvalue weighted by atomic mass is 35.5. The van der Waals surface area contributed by atoms with Crippen molar-refractivity contribution in [3.05, 3.63) is 92.1 Å². The molecule has 0 spiro atoms. The highest BCUT2D eigenvalue weighted by Crippen LogP contribution is 2.25. The van der Waals surface area contributed by atoms with E-state index in [1.807, 2.05) is 55.6 Å². The molecule has 7 heteroatoms. The molecule has 2 aromatic carbocycles. The number of hydrogen-bond donors (Lipinski definition) is 0. The zero-order chi connectivity index (χ0) is 22.0. The lowest BCUT2D eigenvalue weighted by atomic mass is 10.1. The summed E-state index contributed by atoms with van der Waals surface area (Å²) in [7, 11) is 0. The Morgan fingerprint density at radius 1 is 1.16 bits per heavy atom. The zero-order valence-electron chi connectivity index (χ0n) is 17.3. The van der Waals surface area contributed by atoms with E-state index < -0.39 is 6.04 Å². The summed E-state index contributed by atoms with van der Waals surface area (Å²) in [5.41, 5.74) is 1.05. The zero-order valence-corrected chi connectivity index (χ0v) is 18.9. The third kappa shape index (κ3) is 4.27. The lowest BCUT2D eigenvalue weighted by Gasteiger charge is -2.29. The van der Waals surface area contributed by atoms with Crippen molar-refractivity contribution in [2.75, 3.05) is 6.54 Å². The molecule has 0 bridgehead atoms. The summed E-state index contributed by atoms with van der Waals surface area (Å²) < 4.78 is 1.57. The molecule has 0 saturated heterocycles. The predicted molar refractivity (Wildman–Crippen MR) is 126 cm³/mol. The monoisotopic (exact) mass is 451 g/mol. The van der Waals surface area contributed by atoms with Crippen LogP contribution in [0.5, 0.6) is 0 Å². The topological polar surface area (TPSA) is 55.2 Å². The van der Waals surface area contributed by atoms with Crippen molar-refractivity contribution in [1.82, 2.24) is 14.5 Å². The van der Waals surface area contributed by atoms with Crippen LogP contribution in [-0.2, 0) is 11.2 Å². The molecule has 1 atom stereocenters. The number of aromatic nitrogens is 2. The molecule has 0 saturated carbocycles. The fraction of sp³-hybridized carbons (Fsp3) is 0.208. The average molecular weight is 452 g/mol. The summed E-state index contributed by atoms with van der Waals surface area (Å²) in [6.45, 7) is 4.35. The molecule has 0 radical (unpaired) electrons. The van der Waals surface area contributed by atoms with Crippen molar-refractivity contribution in [3.63, 3.8) is 0 Å². The first-order chi connectivity index (χ1) is 15.0. The number of thiophene rings is 1. The quantitative estimate of drug-likeness (QED) is 0.402. The van der Waals surface area contributed by atoms with Gasteiger partial charge in [-0.2, -0.15) is 0 Å². The normalized spacial score (nSPS) is 12.1. The summed E-state index contributed by atoms with van der Waals surface area (Å²) in [5.74, 6) is 0.504. The molecule has 5 nitrogen and oxygen atoms in total. The molecule has 31 heavy (non-hydrogen) atoms. The number of amides is 1. The van der Waals surface area contributed by atoms with E-state index in [2.05, 4.69) is 0 Å². The Balaban J connectivity index is 1.85. The van der Waals surface area contributed by atoms with Crippen LogP contribution in [-0.4, -0.2) is 26.9 Å². The first kappa shape index (κ1) is 21.3. The fourth-order valence-electron chi connectivity index (χ4n) is 3.76. The predicted octanol–water partition coefficient (Wildman–Crippen LogP) is 5.25. The third-order valence-electron chi connectivity index (χ3n) is 5.28. The lowest BCUT2D eigenvalue weighted by Crippen LogP contribution is -2.38. The molecule has 0 fully saturated rings. The van der Waals surface area contributed by atoms with Gasteiger partial charge in [0.1, 0.15) is 5.82 Å². The van der Waals surface area contributed by atoms with Crippen LogP contribution in [0, 0.1) is 0 Å². The van der Waals surface area contributed by atoms with Gasteiger partial charge >= 0.3 is 0 Å². The second kappa shape index (κ2) is 9.04. The van der Waals surface area contributed by atoms with E-state index in [0.29, 0.717) is 40.4 Å². The second-order valence-corrected chi connectivity index (χ2v) is 8.69. The van der Waals surface area contributed by atoms with Gasteiger partial charge in [0.25, 0.3) is 5.56 Å². The lowest BCUT2D eigenvalue weighted by molar-refractivity contribution is -0.132. The first-order valence-corrected chi connectivity index (χ1v) is 11.3. The Hall–Kier alpha value is -2.96. The molecule has 2 aromatic heterocycles. The second-order valence-electron chi connectivity index (χ2n) is 7.22. The molecule has 158 valence electrons. The smallest absolute Gasteiger partial charge is 0.266 e. The van der Waals surface area contributed by atoms with Crippen LogP contribution in [0.2, 0.25) is 5.02 Å². The van der Waals surface area contributed by atoms with Gasteiger partial charge in [0.05, 0.1) is 29.1 Å². The first-order valence-electron chi connectivity index (χ1n) is 10.1. The van der Waals surface area contributed by atoms with E-state index >= 15 is 0 Å². The summed E-state index contributed by atoms with van der Waals surface area (Å²) >= 11 is 7.78. The van der Waals surface area contributed by atoms with Crippen LogP contribution in [0.4, 0.5) is 0 Å². The van der Waals surface area contributed by atoms with Gasteiger partial charge in [-0.05, 0) is 55.6 Å². The molecule has 0 aliphatic heterocycles. The standard InChI is InChI=1S/C24H22ClN3O2S/c1-3-27(22(29)15-19-10-7-13-31-19)16(2)23-26-21-12-5-4-11-20(21)24(30)28(23)18-9-6-8-17(25)14-18/h4-14,16H,3,15H2,1-2H3. The average Bonchev–Trinajstić information content (AvgIpc) is 3.27. The molecule has 1 amide bonds. The Bertz CT molecular complexity index is 1280. The number of nitrogens with zero attached hydrogens (tertiary/aromatic N) is 3. The molecule has 0 N–H and O–H groups in total. The Morgan fingerprint density at radius 2 is 1.97 bits per heavy atom. The largest absolute Gasteiger partial charge is 0.333 e. The molecule has 1 unspecified atom stereocenters. The Kier molecular flexibility index (Phi) is 6.20. The number of halogens is 1. The van der Waals surface area contributed by atoms with Crippen LogP contribution < -0.4 is 5.56 Å². The number of carbonyl (C=O) groups is 1. The van der Waals surface area contributed by atoms with Crippen molar-refractivity contribution in [2.24, 2.45) is 0 Å². The summed E-state index contributed by atoms with van der Waals surface area (Å²) in [5, 5.41) is 3.01. The Labute approximate surface area is 189 Å². The van der Waals surface area contributed by atoms with Gasteiger partial charge in [-0.25, -0.2) is 4.98 Å². The van der Waals surface area contributed by atoms with E-state index in [9.17, 15) is 9.59 Å². The SMILES string of the molecule is CCN(C(=O)Cc1cccs1)C(C)c1nc2ccccc2c(=O)n1-c1cccc(Cl)c1. The minimum atomic E-state index is -0.409. The fourth-order valence-corrected chi connectivity index (χ4v) is 4.64. The van der Waals surface area contributed by atoms with E-state index in [4.69, 9.17) is 16.6 Å². The van der Waals surface area contributed by atoms with Crippen LogP contribution in [0.3, 0.4) is 0 Å². The summed E-state index contributed by atoms with van der Waals surface area (Å²) in [4.78, 5) is 34.2. The van der Waals surface area contributed by atoms with Gasteiger partial charge in [-0.1, -0.05) is 35.9 Å². The van der Waals surface area contributed by atoms with Crippen molar-refractivity contribution in [3.8, 4) is 5.69 Å². The number of benzene rings is 2. The van der Waals surface area contributed by atoms with Gasteiger partial charge in [0.15, 0.2) is 0 Å². The van der Waals surface area contributed by atoms with Gasteiger partial charge in [-0.3, -0.25) is 14.2 Å². The van der Waals surface area contributed by atoms with Crippen LogP contribution >= 0.6 is 22.9 Å². The molecule has 4 aromatic rings.